The Labute approximate surface area is 224 Å². The molecule has 0 radical (unpaired) electrons. The zero-order valence-corrected chi connectivity index (χ0v) is 22.0. The number of likely N-dealkylation sites (tertiary alicyclic amines) is 1. The normalized spacial score (nSPS) is 17.8. The van der Waals surface area contributed by atoms with Crippen molar-refractivity contribution in [3.8, 4) is 0 Å². The van der Waals surface area contributed by atoms with E-state index in [9.17, 15) is 18.0 Å². The number of amides is 1. The minimum Gasteiger partial charge on any atom is -0.339 e. The van der Waals surface area contributed by atoms with Crippen molar-refractivity contribution in [1.82, 2.24) is 29.5 Å². The molecule has 1 aromatic carbocycles. The standard InChI is InChI=1S/C27H32F3N7O2/c1-34-14-11-22(12-15-34)35(2)25(38)20-5-7-21(8-6-20)31-26-32-24-23(4-3-13-37(24)33-26)19-9-16-36(17-10-19)39-18-27(28,29)30/h3-9,13,22H,10-12,14-18H2,1-2H3,(H,31,33). The van der Waals surface area contributed by atoms with E-state index in [0.29, 0.717) is 30.1 Å². The van der Waals surface area contributed by atoms with E-state index >= 15 is 0 Å². The quantitative estimate of drug-likeness (QED) is 0.478. The van der Waals surface area contributed by atoms with Crippen molar-refractivity contribution in [2.75, 3.05) is 52.2 Å². The molecule has 0 atom stereocenters. The van der Waals surface area contributed by atoms with E-state index in [1.165, 1.54) is 5.06 Å². The first-order chi connectivity index (χ1) is 18.7. The molecule has 208 valence electrons. The molecule has 9 nitrogen and oxygen atoms in total. The number of anilines is 2. The van der Waals surface area contributed by atoms with Gasteiger partial charge in [0, 0.05) is 49.2 Å². The van der Waals surface area contributed by atoms with E-state index < -0.39 is 12.8 Å². The predicted molar refractivity (Wildman–Crippen MR) is 141 cm³/mol. The Morgan fingerprint density at radius 1 is 1.15 bits per heavy atom. The molecule has 0 aliphatic carbocycles. The molecular weight excluding hydrogens is 511 g/mol. The number of hydroxylamine groups is 2. The van der Waals surface area contributed by atoms with E-state index in [1.54, 1.807) is 22.8 Å². The van der Waals surface area contributed by atoms with E-state index in [0.717, 1.165) is 42.8 Å². The van der Waals surface area contributed by atoms with Crippen LogP contribution >= 0.6 is 0 Å². The second kappa shape index (κ2) is 11.3. The van der Waals surface area contributed by atoms with E-state index in [-0.39, 0.29) is 18.5 Å². The molecule has 4 heterocycles. The number of fused-ring (bicyclic) bond motifs is 1. The van der Waals surface area contributed by atoms with Gasteiger partial charge in [0.1, 0.15) is 0 Å². The maximum Gasteiger partial charge on any atom is 0.413 e. The van der Waals surface area contributed by atoms with Crippen LogP contribution in [-0.2, 0) is 4.84 Å². The van der Waals surface area contributed by atoms with Crippen LogP contribution in [0, 0.1) is 0 Å². The summed E-state index contributed by atoms with van der Waals surface area (Å²) in [5.41, 5.74) is 3.86. The van der Waals surface area contributed by atoms with Crippen molar-refractivity contribution in [1.29, 1.82) is 0 Å². The SMILES string of the molecule is CN1CCC(N(C)C(=O)c2ccc(Nc3nc4c(C5=CCN(OCC(F)(F)F)CC5)cccn4n3)cc2)CC1. The number of pyridine rings is 1. The highest BCUT2D eigenvalue weighted by molar-refractivity contribution is 5.94. The first-order valence-corrected chi connectivity index (χ1v) is 13.0. The fraction of sp³-hybridized carbons (Fsp3) is 0.444. The molecule has 1 N–H and O–H groups in total. The number of piperidine rings is 1. The number of benzene rings is 1. The zero-order valence-electron chi connectivity index (χ0n) is 22.0. The van der Waals surface area contributed by atoms with Crippen LogP contribution in [0.25, 0.3) is 11.2 Å². The summed E-state index contributed by atoms with van der Waals surface area (Å²) in [6.45, 7) is 1.29. The van der Waals surface area contributed by atoms with Gasteiger partial charge in [-0.2, -0.15) is 23.2 Å². The number of nitrogens with one attached hydrogen (secondary N) is 1. The maximum absolute atomic E-state index is 13.0. The number of hydrogen-bond donors (Lipinski definition) is 1. The van der Waals surface area contributed by atoms with E-state index in [4.69, 9.17) is 4.84 Å². The largest absolute Gasteiger partial charge is 0.413 e. The number of nitrogens with zero attached hydrogens (tertiary/aromatic N) is 6. The minimum atomic E-state index is -4.36. The third kappa shape index (κ3) is 6.57. The number of carbonyl (C=O) groups excluding carboxylic acids is 1. The van der Waals surface area contributed by atoms with Crippen LogP contribution in [0.15, 0.2) is 48.7 Å². The lowest BCUT2D eigenvalue weighted by Gasteiger charge is -2.35. The summed E-state index contributed by atoms with van der Waals surface area (Å²) in [6.07, 6.45) is 1.75. The van der Waals surface area contributed by atoms with Gasteiger partial charge in [0.15, 0.2) is 12.3 Å². The maximum atomic E-state index is 13.0. The van der Waals surface area contributed by atoms with Gasteiger partial charge in [-0.25, -0.2) is 4.52 Å². The summed E-state index contributed by atoms with van der Waals surface area (Å²) in [6, 6.07) is 11.3. The average molecular weight is 544 g/mol. The van der Waals surface area contributed by atoms with Gasteiger partial charge in [-0.05, 0) is 81.4 Å². The third-order valence-electron chi connectivity index (χ3n) is 7.24. The van der Waals surface area contributed by atoms with Crippen LogP contribution in [0.5, 0.6) is 0 Å². The molecule has 2 aromatic heterocycles. The second-order valence-corrected chi connectivity index (χ2v) is 10.0. The predicted octanol–water partition coefficient (Wildman–Crippen LogP) is 4.22. The minimum absolute atomic E-state index is 0.00901. The summed E-state index contributed by atoms with van der Waals surface area (Å²) < 4.78 is 39.0. The van der Waals surface area contributed by atoms with Crippen LogP contribution in [0.3, 0.4) is 0 Å². The molecule has 0 unspecified atom stereocenters. The summed E-state index contributed by atoms with van der Waals surface area (Å²) >= 11 is 0. The van der Waals surface area contributed by atoms with Crippen molar-refractivity contribution < 1.29 is 22.8 Å². The monoisotopic (exact) mass is 543 g/mol. The number of carbonyl (C=O) groups is 1. The van der Waals surface area contributed by atoms with Crippen LogP contribution in [0.2, 0.25) is 0 Å². The lowest BCUT2D eigenvalue weighted by atomic mass is 10.0. The van der Waals surface area contributed by atoms with Gasteiger partial charge < -0.3 is 15.1 Å². The molecule has 39 heavy (non-hydrogen) atoms. The molecule has 0 bridgehead atoms. The summed E-state index contributed by atoms with van der Waals surface area (Å²) in [5.74, 6) is 0.409. The highest BCUT2D eigenvalue weighted by Crippen LogP contribution is 2.27. The molecule has 5 rings (SSSR count). The van der Waals surface area contributed by atoms with Crippen LogP contribution in [0.1, 0.15) is 35.2 Å². The molecule has 12 heteroatoms. The highest BCUT2D eigenvalue weighted by atomic mass is 19.4. The molecule has 2 aliphatic rings. The lowest BCUT2D eigenvalue weighted by molar-refractivity contribution is -0.249. The Morgan fingerprint density at radius 2 is 1.90 bits per heavy atom. The molecule has 0 spiro atoms. The van der Waals surface area contributed by atoms with E-state index in [1.807, 2.05) is 42.3 Å². The number of halogens is 3. The summed E-state index contributed by atoms with van der Waals surface area (Å²) in [5, 5.41) is 9.03. The second-order valence-electron chi connectivity index (χ2n) is 10.0. The van der Waals surface area contributed by atoms with Crippen molar-refractivity contribution >= 4 is 28.8 Å². The zero-order chi connectivity index (χ0) is 27.6. The number of aromatic nitrogens is 3. The molecule has 0 saturated carbocycles. The smallest absolute Gasteiger partial charge is 0.339 e. The van der Waals surface area contributed by atoms with Gasteiger partial charge in [0.2, 0.25) is 5.95 Å². The van der Waals surface area contributed by atoms with Gasteiger partial charge in [0.05, 0.1) is 0 Å². The fourth-order valence-corrected chi connectivity index (χ4v) is 4.96. The molecular formula is C27H32F3N7O2. The average Bonchev–Trinajstić information content (AvgIpc) is 3.34. The van der Waals surface area contributed by atoms with Gasteiger partial charge in [-0.3, -0.25) is 9.63 Å². The van der Waals surface area contributed by atoms with Crippen molar-refractivity contribution in [2.45, 2.75) is 31.5 Å². The third-order valence-corrected chi connectivity index (χ3v) is 7.24. The highest BCUT2D eigenvalue weighted by Gasteiger charge is 2.30. The summed E-state index contributed by atoms with van der Waals surface area (Å²) in [4.78, 5) is 26.6. The van der Waals surface area contributed by atoms with Crippen LogP contribution in [0.4, 0.5) is 24.8 Å². The number of rotatable bonds is 7. The topological polar surface area (TPSA) is 78.2 Å². The van der Waals surface area contributed by atoms with E-state index in [2.05, 4.69) is 27.3 Å². The Bertz CT molecular complexity index is 1330. The van der Waals surface area contributed by atoms with Gasteiger partial charge in [-0.15, -0.1) is 5.10 Å². The molecule has 1 amide bonds. The van der Waals surface area contributed by atoms with Crippen molar-refractivity contribution in [2.24, 2.45) is 0 Å². The van der Waals surface area contributed by atoms with Gasteiger partial charge >= 0.3 is 6.18 Å². The number of alkyl halides is 3. The molecule has 3 aromatic rings. The lowest BCUT2D eigenvalue weighted by Crippen LogP contribution is -2.44. The van der Waals surface area contributed by atoms with Crippen LogP contribution in [-0.4, -0.2) is 94.5 Å². The Balaban J connectivity index is 1.24. The Hall–Kier alpha value is -3.48. The Kier molecular flexibility index (Phi) is 7.87. The first-order valence-electron chi connectivity index (χ1n) is 13.0. The van der Waals surface area contributed by atoms with Crippen LogP contribution < -0.4 is 5.32 Å². The van der Waals surface area contributed by atoms with Gasteiger partial charge in [-0.1, -0.05) is 6.08 Å². The Morgan fingerprint density at radius 3 is 2.56 bits per heavy atom. The summed E-state index contributed by atoms with van der Waals surface area (Å²) in [7, 11) is 3.97. The molecule has 1 fully saturated rings. The first kappa shape index (κ1) is 27.1. The van der Waals surface area contributed by atoms with Crippen molar-refractivity contribution in [3.63, 3.8) is 0 Å². The van der Waals surface area contributed by atoms with Crippen molar-refractivity contribution in [3.05, 3.63) is 59.8 Å². The number of hydrogen-bond acceptors (Lipinski definition) is 7. The van der Waals surface area contributed by atoms with Gasteiger partial charge in [0.25, 0.3) is 5.91 Å². The molecule has 1 saturated heterocycles. The fourth-order valence-electron chi connectivity index (χ4n) is 4.96. The molecule has 2 aliphatic heterocycles.